The van der Waals surface area contributed by atoms with Gasteiger partial charge in [-0.15, -0.1) is 10.2 Å². The predicted molar refractivity (Wildman–Crippen MR) is 99.0 cm³/mol. The van der Waals surface area contributed by atoms with Crippen LogP contribution in [0.5, 0.6) is 0 Å². The van der Waals surface area contributed by atoms with Crippen molar-refractivity contribution in [3.8, 4) is 0 Å². The van der Waals surface area contributed by atoms with E-state index < -0.39 is 34.8 Å². The van der Waals surface area contributed by atoms with E-state index in [-0.39, 0.29) is 27.9 Å². The van der Waals surface area contributed by atoms with Gasteiger partial charge in [0.05, 0.1) is 16.8 Å². The maximum Gasteiger partial charge on any atom is 0.416 e. The lowest BCUT2D eigenvalue weighted by atomic mass is 9.75. The van der Waals surface area contributed by atoms with Crippen molar-refractivity contribution in [2.75, 3.05) is 0 Å². The van der Waals surface area contributed by atoms with Crippen molar-refractivity contribution in [2.24, 2.45) is 4.99 Å². The number of alkyl halides is 3. The second kappa shape index (κ2) is 6.30. The minimum atomic E-state index is -4.52. The molecule has 3 aromatic rings. The van der Waals surface area contributed by atoms with Crippen LogP contribution in [-0.2, 0) is 6.18 Å². The van der Waals surface area contributed by atoms with Gasteiger partial charge in [-0.2, -0.15) is 13.2 Å². The number of hydrogen-bond donors (Lipinski definition) is 0. The Labute approximate surface area is 163 Å². The van der Waals surface area contributed by atoms with Gasteiger partial charge in [0.15, 0.2) is 11.6 Å². The summed E-state index contributed by atoms with van der Waals surface area (Å²) in [6.45, 7) is 5.20. The van der Waals surface area contributed by atoms with Crippen molar-refractivity contribution in [2.45, 2.75) is 38.4 Å². The highest BCUT2D eigenvalue weighted by Gasteiger charge is 2.42. The van der Waals surface area contributed by atoms with Crippen LogP contribution in [0.2, 0.25) is 0 Å². The zero-order valence-electron chi connectivity index (χ0n) is 15.8. The summed E-state index contributed by atoms with van der Waals surface area (Å²) in [5.74, 6) is -2.68. The van der Waals surface area contributed by atoms with Gasteiger partial charge in [-0.3, -0.25) is 4.99 Å². The molecule has 0 saturated heterocycles. The highest BCUT2D eigenvalue weighted by molar-refractivity contribution is 6.14. The molecule has 8 heteroatoms. The van der Waals surface area contributed by atoms with E-state index in [2.05, 4.69) is 15.2 Å². The molecule has 0 bridgehead atoms. The molecule has 1 aliphatic heterocycles. The molecule has 0 N–H and O–H groups in total. The molecule has 1 aliphatic rings. The van der Waals surface area contributed by atoms with Crippen LogP contribution in [-0.4, -0.2) is 21.4 Å². The summed E-state index contributed by atoms with van der Waals surface area (Å²) in [4.78, 5) is 4.66. The van der Waals surface area contributed by atoms with Gasteiger partial charge in [-0.25, -0.2) is 8.78 Å². The SMILES string of the molecule is CC1c2c(cccc2C(F)(F)F)C(c2cc3ccc(F)c(F)c3nn2)=NC1(C)C. The number of halogens is 5. The standard InChI is InChI=1S/C21H16F5N3/c1-10-16-12(5-4-6-13(16)21(24,25)26)19(27-20(10,2)3)15-9-11-7-8-14(22)17(23)18(11)29-28-15/h4-10H,1-3H3. The molecule has 29 heavy (non-hydrogen) atoms. The summed E-state index contributed by atoms with van der Waals surface area (Å²) in [5, 5.41) is 7.98. The highest BCUT2D eigenvalue weighted by atomic mass is 19.4. The summed E-state index contributed by atoms with van der Waals surface area (Å²) in [6, 6.07) is 7.71. The molecular weight excluding hydrogens is 389 g/mol. The Morgan fingerprint density at radius 2 is 1.72 bits per heavy atom. The summed E-state index contributed by atoms with van der Waals surface area (Å²) < 4.78 is 68.4. The lowest BCUT2D eigenvalue weighted by Gasteiger charge is -2.36. The van der Waals surface area contributed by atoms with Crippen LogP contribution in [0.3, 0.4) is 0 Å². The predicted octanol–water partition coefficient (Wildman–Crippen LogP) is 5.66. The Bertz CT molecular complexity index is 1160. The molecule has 0 spiro atoms. The molecule has 1 atom stereocenters. The number of fused-ring (bicyclic) bond motifs is 2. The summed E-state index contributed by atoms with van der Waals surface area (Å²) in [5.41, 5.74) is -0.914. The van der Waals surface area contributed by atoms with Crippen LogP contribution in [0.1, 0.15) is 49.1 Å². The van der Waals surface area contributed by atoms with Crippen LogP contribution >= 0.6 is 0 Å². The van der Waals surface area contributed by atoms with E-state index in [4.69, 9.17) is 0 Å². The van der Waals surface area contributed by atoms with Gasteiger partial charge in [0.1, 0.15) is 11.2 Å². The zero-order valence-corrected chi connectivity index (χ0v) is 15.8. The second-order valence-electron chi connectivity index (χ2n) is 7.63. The van der Waals surface area contributed by atoms with Gasteiger partial charge in [0, 0.05) is 16.9 Å². The second-order valence-corrected chi connectivity index (χ2v) is 7.63. The van der Waals surface area contributed by atoms with E-state index >= 15 is 0 Å². The van der Waals surface area contributed by atoms with E-state index in [1.165, 1.54) is 18.2 Å². The summed E-state index contributed by atoms with van der Waals surface area (Å²) in [6.07, 6.45) is -4.52. The average molecular weight is 405 g/mol. The number of aromatic nitrogens is 2. The average Bonchev–Trinajstić information content (AvgIpc) is 2.66. The molecule has 0 aliphatic carbocycles. The molecule has 0 fully saturated rings. The molecule has 1 unspecified atom stereocenters. The van der Waals surface area contributed by atoms with Crippen molar-refractivity contribution in [3.05, 3.63) is 70.4 Å². The molecule has 2 aromatic carbocycles. The van der Waals surface area contributed by atoms with E-state index in [9.17, 15) is 22.0 Å². The van der Waals surface area contributed by atoms with E-state index in [1.807, 2.05) is 0 Å². The normalized spacial score (nSPS) is 18.5. The fourth-order valence-electron chi connectivity index (χ4n) is 3.65. The van der Waals surface area contributed by atoms with Crippen LogP contribution < -0.4 is 0 Å². The van der Waals surface area contributed by atoms with E-state index in [1.54, 1.807) is 26.8 Å². The molecule has 1 aromatic heterocycles. The minimum Gasteiger partial charge on any atom is -0.276 e. The van der Waals surface area contributed by atoms with Crippen LogP contribution in [0.15, 0.2) is 41.4 Å². The Hall–Kier alpha value is -2.90. The van der Waals surface area contributed by atoms with Crippen molar-refractivity contribution in [1.82, 2.24) is 10.2 Å². The molecule has 2 heterocycles. The van der Waals surface area contributed by atoms with Gasteiger partial charge in [0.2, 0.25) is 0 Å². The third kappa shape index (κ3) is 3.07. The molecule has 0 saturated carbocycles. The molecule has 4 rings (SSSR count). The van der Waals surface area contributed by atoms with Crippen molar-refractivity contribution >= 4 is 16.6 Å². The topological polar surface area (TPSA) is 38.1 Å². The number of nitrogens with zero attached hydrogens (tertiary/aromatic N) is 3. The Balaban J connectivity index is 1.98. The number of benzene rings is 2. The quantitative estimate of drug-likeness (QED) is 0.490. The maximum atomic E-state index is 13.9. The van der Waals surface area contributed by atoms with E-state index in [0.717, 1.165) is 12.1 Å². The molecule has 0 amide bonds. The maximum absolute atomic E-state index is 13.9. The molecule has 150 valence electrons. The minimum absolute atomic E-state index is 0.141. The number of hydrogen-bond acceptors (Lipinski definition) is 3. The van der Waals surface area contributed by atoms with Crippen molar-refractivity contribution in [1.29, 1.82) is 0 Å². The van der Waals surface area contributed by atoms with Gasteiger partial charge in [0.25, 0.3) is 0 Å². The smallest absolute Gasteiger partial charge is 0.276 e. The van der Waals surface area contributed by atoms with Gasteiger partial charge < -0.3 is 0 Å². The largest absolute Gasteiger partial charge is 0.416 e. The summed E-state index contributed by atoms with van der Waals surface area (Å²) >= 11 is 0. The first-order valence-electron chi connectivity index (χ1n) is 8.93. The monoisotopic (exact) mass is 405 g/mol. The molecule has 0 radical (unpaired) electrons. The first-order valence-corrected chi connectivity index (χ1v) is 8.93. The lowest BCUT2D eigenvalue weighted by Crippen LogP contribution is -2.35. The van der Waals surface area contributed by atoms with Crippen LogP contribution in [0, 0.1) is 11.6 Å². The van der Waals surface area contributed by atoms with Gasteiger partial charge in [-0.05, 0) is 43.7 Å². The highest BCUT2D eigenvalue weighted by Crippen LogP contribution is 2.45. The van der Waals surface area contributed by atoms with Crippen LogP contribution in [0.4, 0.5) is 22.0 Å². The zero-order chi connectivity index (χ0) is 21.1. The number of aliphatic imine (C=N–C) groups is 1. The number of rotatable bonds is 1. The Kier molecular flexibility index (Phi) is 4.22. The van der Waals surface area contributed by atoms with Crippen molar-refractivity contribution < 1.29 is 22.0 Å². The fraction of sp³-hybridized carbons (Fsp3) is 0.286. The first kappa shape index (κ1) is 19.4. The van der Waals surface area contributed by atoms with Crippen LogP contribution in [0.25, 0.3) is 10.9 Å². The lowest BCUT2D eigenvalue weighted by molar-refractivity contribution is -0.138. The summed E-state index contributed by atoms with van der Waals surface area (Å²) in [7, 11) is 0. The third-order valence-corrected chi connectivity index (χ3v) is 5.45. The Morgan fingerprint density at radius 1 is 1.00 bits per heavy atom. The van der Waals surface area contributed by atoms with Gasteiger partial charge in [-0.1, -0.05) is 19.1 Å². The molecular formula is C21H16F5N3. The third-order valence-electron chi connectivity index (χ3n) is 5.45. The first-order chi connectivity index (χ1) is 13.5. The van der Waals surface area contributed by atoms with Crippen molar-refractivity contribution in [3.63, 3.8) is 0 Å². The Morgan fingerprint density at radius 3 is 2.41 bits per heavy atom. The van der Waals surface area contributed by atoms with Gasteiger partial charge >= 0.3 is 6.18 Å². The molecule has 3 nitrogen and oxygen atoms in total. The van der Waals surface area contributed by atoms with E-state index in [0.29, 0.717) is 5.56 Å². The fourth-order valence-corrected chi connectivity index (χ4v) is 3.65.